The maximum Gasteiger partial charge on any atom is 0.244 e. The molecule has 1 fully saturated rings. The molecule has 0 saturated heterocycles. The number of hydrogen-bond acceptors (Lipinski definition) is 4. The second-order valence-electron chi connectivity index (χ2n) is 4.53. The summed E-state index contributed by atoms with van der Waals surface area (Å²) in [7, 11) is 3.21. The Balaban J connectivity index is 2.52. The minimum atomic E-state index is -0.531. The first kappa shape index (κ1) is 12.7. The number of amides is 1. The van der Waals surface area contributed by atoms with Crippen LogP contribution in [0.3, 0.4) is 0 Å². The molecule has 0 atom stereocenters. The zero-order valence-corrected chi connectivity index (χ0v) is 10.9. The van der Waals surface area contributed by atoms with Crippen LogP contribution in [0.25, 0.3) is 0 Å². The van der Waals surface area contributed by atoms with Gasteiger partial charge in [0.1, 0.15) is 11.5 Å². The Bertz CT molecular complexity index is 481. The molecule has 5 nitrogen and oxygen atoms in total. The Morgan fingerprint density at radius 1 is 1.33 bits per heavy atom. The van der Waals surface area contributed by atoms with Gasteiger partial charge in [0.15, 0.2) is 0 Å². The molecule has 1 saturated carbocycles. The van der Waals surface area contributed by atoms with Gasteiger partial charge in [-0.05, 0) is 25.8 Å². The lowest BCUT2D eigenvalue weighted by Crippen LogP contribution is -2.39. The number of hydrazine groups is 1. The third-order valence-electron chi connectivity index (χ3n) is 3.61. The molecular formula is C13H18N2O3. The SMILES string of the molecule is COc1ccc(C2(C(=O)NN)CC2)c(OC)c1C. The van der Waals surface area contributed by atoms with Gasteiger partial charge < -0.3 is 9.47 Å². The summed E-state index contributed by atoms with van der Waals surface area (Å²) in [5, 5.41) is 0. The van der Waals surface area contributed by atoms with Crippen molar-refractivity contribution >= 4 is 5.91 Å². The summed E-state index contributed by atoms with van der Waals surface area (Å²) < 4.78 is 10.7. The summed E-state index contributed by atoms with van der Waals surface area (Å²) in [5.41, 5.74) is 3.49. The standard InChI is InChI=1S/C13H18N2O3/c1-8-10(17-2)5-4-9(11(8)18-3)13(6-7-13)12(16)15-14/h4-5H,6-7,14H2,1-3H3,(H,15,16). The summed E-state index contributed by atoms with van der Waals surface area (Å²) in [6.07, 6.45) is 1.58. The quantitative estimate of drug-likeness (QED) is 0.475. The predicted molar refractivity (Wildman–Crippen MR) is 67.5 cm³/mol. The van der Waals surface area contributed by atoms with Crippen LogP contribution in [-0.2, 0) is 10.2 Å². The van der Waals surface area contributed by atoms with Crippen molar-refractivity contribution < 1.29 is 14.3 Å². The fourth-order valence-electron chi connectivity index (χ4n) is 2.42. The molecular weight excluding hydrogens is 232 g/mol. The van der Waals surface area contributed by atoms with Crippen molar-refractivity contribution in [2.24, 2.45) is 5.84 Å². The molecule has 2 rings (SSSR count). The van der Waals surface area contributed by atoms with Gasteiger partial charge in [-0.3, -0.25) is 10.2 Å². The molecule has 18 heavy (non-hydrogen) atoms. The number of carbonyl (C=O) groups excluding carboxylic acids is 1. The van der Waals surface area contributed by atoms with Crippen LogP contribution in [0.15, 0.2) is 12.1 Å². The summed E-state index contributed by atoms with van der Waals surface area (Å²) in [4.78, 5) is 11.9. The van der Waals surface area contributed by atoms with Crippen molar-refractivity contribution in [3.8, 4) is 11.5 Å². The highest BCUT2D eigenvalue weighted by molar-refractivity contribution is 5.92. The summed E-state index contributed by atoms with van der Waals surface area (Å²) in [5.74, 6) is 6.55. The van der Waals surface area contributed by atoms with E-state index < -0.39 is 5.41 Å². The monoisotopic (exact) mass is 250 g/mol. The van der Waals surface area contributed by atoms with Gasteiger partial charge >= 0.3 is 0 Å². The van der Waals surface area contributed by atoms with Gasteiger partial charge in [0.05, 0.1) is 19.6 Å². The summed E-state index contributed by atoms with van der Waals surface area (Å²) in [6.45, 7) is 1.91. The second kappa shape index (κ2) is 4.49. The molecule has 1 aromatic carbocycles. The minimum Gasteiger partial charge on any atom is -0.496 e. The molecule has 0 spiro atoms. The van der Waals surface area contributed by atoms with Crippen LogP contribution in [0, 0.1) is 6.92 Å². The van der Waals surface area contributed by atoms with Crippen molar-refractivity contribution in [2.45, 2.75) is 25.2 Å². The van der Waals surface area contributed by atoms with Crippen molar-refractivity contribution in [3.63, 3.8) is 0 Å². The molecule has 1 amide bonds. The Morgan fingerprint density at radius 3 is 2.44 bits per heavy atom. The van der Waals surface area contributed by atoms with Gasteiger partial charge in [0, 0.05) is 11.1 Å². The first-order chi connectivity index (χ1) is 8.60. The van der Waals surface area contributed by atoms with E-state index in [1.807, 2.05) is 19.1 Å². The fourth-order valence-corrected chi connectivity index (χ4v) is 2.42. The lowest BCUT2D eigenvalue weighted by molar-refractivity contribution is -0.123. The Kier molecular flexibility index (Phi) is 3.17. The van der Waals surface area contributed by atoms with E-state index in [4.69, 9.17) is 15.3 Å². The van der Waals surface area contributed by atoms with Crippen molar-refractivity contribution in [2.75, 3.05) is 14.2 Å². The molecule has 0 unspecified atom stereocenters. The molecule has 3 N–H and O–H groups in total. The summed E-state index contributed by atoms with van der Waals surface area (Å²) in [6, 6.07) is 3.74. The van der Waals surface area contributed by atoms with E-state index in [0.29, 0.717) is 5.75 Å². The van der Waals surface area contributed by atoms with E-state index in [0.717, 1.165) is 29.7 Å². The topological polar surface area (TPSA) is 73.6 Å². The fraction of sp³-hybridized carbons (Fsp3) is 0.462. The number of ether oxygens (including phenoxy) is 2. The van der Waals surface area contributed by atoms with E-state index in [9.17, 15) is 4.79 Å². The highest BCUT2D eigenvalue weighted by Gasteiger charge is 2.53. The zero-order chi connectivity index (χ0) is 13.3. The molecule has 0 aliphatic heterocycles. The number of nitrogens with two attached hydrogens (primary N) is 1. The second-order valence-corrected chi connectivity index (χ2v) is 4.53. The lowest BCUT2D eigenvalue weighted by Gasteiger charge is -2.20. The number of benzene rings is 1. The summed E-state index contributed by atoms with van der Waals surface area (Å²) >= 11 is 0. The average molecular weight is 250 g/mol. The van der Waals surface area contributed by atoms with Crippen LogP contribution in [0.4, 0.5) is 0 Å². The maximum atomic E-state index is 11.9. The van der Waals surface area contributed by atoms with Crippen molar-refractivity contribution in [3.05, 3.63) is 23.3 Å². The molecule has 98 valence electrons. The first-order valence-corrected chi connectivity index (χ1v) is 5.84. The lowest BCUT2D eigenvalue weighted by atomic mass is 9.92. The third-order valence-corrected chi connectivity index (χ3v) is 3.61. The van der Waals surface area contributed by atoms with Gasteiger partial charge in [0.25, 0.3) is 0 Å². The van der Waals surface area contributed by atoms with Gasteiger partial charge in [0.2, 0.25) is 5.91 Å². The van der Waals surface area contributed by atoms with Crippen LogP contribution in [0.2, 0.25) is 0 Å². The number of hydrogen-bond donors (Lipinski definition) is 2. The minimum absolute atomic E-state index is 0.162. The van der Waals surface area contributed by atoms with Gasteiger partial charge in [-0.2, -0.15) is 0 Å². The van der Waals surface area contributed by atoms with E-state index in [1.54, 1.807) is 14.2 Å². The van der Waals surface area contributed by atoms with Crippen molar-refractivity contribution in [1.82, 2.24) is 5.43 Å². The number of carbonyl (C=O) groups is 1. The number of rotatable bonds is 4. The van der Waals surface area contributed by atoms with Crippen LogP contribution < -0.4 is 20.7 Å². The van der Waals surface area contributed by atoms with Gasteiger partial charge in [-0.1, -0.05) is 6.07 Å². The molecule has 1 aromatic rings. The molecule has 0 aromatic heterocycles. The van der Waals surface area contributed by atoms with Crippen LogP contribution in [0.1, 0.15) is 24.0 Å². The van der Waals surface area contributed by atoms with Gasteiger partial charge in [-0.15, -0.1) is 0 Å². The molecule has 1 aliphatic carbocycles. The number of nitrogens with one attached hydrogen (secondary N) is 1. The third kappa shape index (κ3) is 1.71. The largest absolute Gasteiger partial charge is 0.496 e. The van der Waals surface area contributed by atoms with Crippen LogP contribution in [-0.4, -0.2) is 20.1 Å². The Hall–Kier alpha value is -1.75. The number of methoxy groups -OCH3 is 2. The smallest absolute Gasteiger partial charge is 0.244 e. The Morgan fingerprint density at radius 2 is 2.00 bits per heavy atom. The molecule has 0 heterocycles. The van der Waals surface area contributed by atoms with Crippen molar-refractivity contribution in [1.29, 1.82) is 0 Å². The first-order valence-electron chi connectivity index (χ1n) is 5.84. The van der Waals surface area contributed by atoms with E-state index in [2.05, 4.69) is 5.43 Å². The highest BCUT2D eigenvalue weighted by atomic mass is 16.5. The molecule has 0 radical (unpaired) electrons. The predicted octanol–water partition coefficient (Wildman–Crippen LogP) is 1.03. The zero-order valence-electron chi connectivity index (χ0n) is 10.9. The highest BCUT2D eigenvalue weighted by Crippen LogP contribution is 2.53. The molecule has 1 aliphatic rings. The van der Waals surface area contributed by atoms with Crippen LogP contribution in [0.5, 0.6) is 11.5 Å². The van der Waals surface area contributed by atoms with E-state index in [-0.39, 0.29) is 5.91 Å². The average Bonchev–Trinajstić information content (AvgIpc) is 3.18. The molecule has 5 heteroatoms. The van der Waals surface area contributed by atoms with Crippen LogP contribution >= 0.6 is 0 Å². The van der Waals surface area contributed by atoms with E-state index >= 15 is 0 Å². The van der Waals surface area contributed by atoms with E-state index in [1.165, 1.54) is 0 Å². The van der Waals surface area contributed by atoms with Gasteiger partial charge in [-0.25, -0.2) is 5.84 Å². The maximum absolute atomic E-state index is 11.9. The molecule has 0 bridgehead atoms. The normalized spacial score (nSPS) is 16.0. The Labute approximate surface area is 106 Å².